The number of hydrogen-bond donors (Lipinski definition) is 1. The van der Waals surface area contributed by atoms with E-state index in [0.717, 1.165) is 17.7 Å². The Balaban J connectivity index is 1.74. The lowest BCUT2D eigenvalue weighted by Crippen LogP contribution is -2.41. The number of rotatable bonds is 8. The molecule has 0 saturated carbocycles. The highest BCUT2D eigenvalue weighted by atomic mass is 35.5. The molecule has 0 bridgehead atoms. The van der Waals surface area contributed by atoms with Crippen LogP contribution in [0.1, 0.15) is 41.1 Å². The molecule has 4 rings (SSSR count). The van der Waals surface area contributed by atoms with Crippen molar-refractivity contribution < 1.29 is 32.5 Å². The molecule has 1 N–H and O–H groups in total. The van der Waals surface area contributed by atoms with Gasteiger partial charge in [-0.05, 0) is 66.4 Å². The Morgan fingerprint density at radius 3 is 2.54 bits per heavy atom. The van der Waals surface area contributed by atoms with Crippen molar-refractivity contribution in [3.05, 3.63) is 94.0 Å². The van der Waals surface area contributed by atoms with E-state index >= 15 is 0 Å². The van der Waals surface area contributed by atoms with E-state index in [2.05, 4.69) is 0 Å². The topological polar surface area (TPSA) is 59.0 Å². The van der Waals surface area contributed by atoms with Crippen molar-refractivity contribution in [2.24, 2.45) is 5.92 Å². The third kappa shape index (κ3) is 6.37. The van der Waals surface area contributed by atoms with Crippen LogP contribution >= 0.6 is 11.6 Å². The SMILES string of the molecule is COc1cc(C(c2cc(C(F)(F)F)ccc2Cl)N2CCCC(C(=O)O)C2)ccc1OCc1ccccc1. The van der Waals surface area contributed by atoms with Crippen molar-refractivity contribution in [3.8, 4) is 11.5 Å². The number of nitrogens with zero attached hydrogens (tertiary/aromatic N) is 1. The van der Waals surface area contributed by atoms with Gasteiger partial charge in [0.15, 0.2) is 11.5 Å². The second-order valence-electron chi connectivity index (χ2n) is 8.99. The molecule has 0 spiro atoms. The lowest BCUT2D eigenvalue weighted by molar-refractivity contribution is -0.143. The van der Waals surface area contributed by atoms with Gasteiger partial charge in [-0.2, -0.15) is 13.2 Å². The molecule has 0 radical (unpaired) electrons. The Labute approximate surface area is 218 Å². The van der Waals surface area contributed by atoms with Crippen LogP contribution in [0.15, 0.2) is 66.7 Å². The second kappa shape index (κ2) is 11.4. The van der Waals surface area contributed by atoms with Gasteiger partial charge in [-0.3, -0.25) is 9.69 Å². The predicted molar refractivity (Wildman–Crippen MR) is 134 cm³/mol. The molecular weight excluding hydrogens is 507 g/mol. The molecule has 0 aromatic heterocycles. The van der Waals surface area contributed by atoms with Gasteiger partial charge >= 0.3 is 12.1 Å². The van der Waals surface area contributed by atoms with Crippen molar-refractivity contribution in [2.45, 2.75) is 31.7 Å². The first-order valence-corrected chi connectivity index (χ1v) is 12.2. The Morgan fingerprint density at radius 2 is 1.86 bits per heavy atom. The number of alkyl halides is 3. The lowest BCUT2D eigenvalue weighted by Gasteiger charge is -2.38. The van der Waals surface area contributed by atoms with E-state index in [1.165, 1.54) is 13.2 Å². The molecule has 37 heavy (non-hydrogen) atoms. The Bertz CT molecular complexity index is 1240. The molecule has 1 saturated heterocycles. The van der Waals surface area contributed by atoms with Gasteiger partial charge in [0.2, 0.25) is 0 Å². The third-order valence-corrected chi connectivity index (χ3v) is 6.87. The number of halogens is 4. The summed E-state index contributed by atoms with van der Waals surface area (Å²) < 4.78 is 52.3. The first-order valence-electron chi connectivity index (χ1n) is 11.9. The van der Waals surface area contributed by atoms with Crippen LogP contribution in [0.5, 0.6) is 11.5 Å². The maximum absolute atomic E-state index is 13.6. The van der Waals surface area contributed by atoms with Crippen molar-refractivity contribution in [3.63, 3.8) is 0 Å². The molecule has 196 valence electrons. The quantitative estimate of drug-likeness (QED) is 0.344. The van der Waals surface area contributed by atoms with Crippen LogP contribution in [0.25, 0.3) is 0 Å². The van der Waals surface area contributed by atoms with E-state index in [1.54, 1.807) is 18.2 Å². The third-order valence-electron chi connectivity index (χ3n) is 6.53. The highest BCUT2D eigenvalue weighted by Crippen LogP contribution is 2.42. The highest BCUT2D eigenvalue weighted by molar-refractivity contribution is 6.31. The Morgan fingerprint density at radius 1 is 1.11 bits per heavy atom. The molecule has 1 aliphatic heterocycles. The van der Waals surface area contributed by atoms with Crippen molar-refractivity contribution in [2.75, 3.05) is 20.2 Å². The van der Waals surface area contributed by atoms with E-state index in [-0.39, 0.29) is 17.1 Å². The van der Waals surface area contributed by atoms with E-state index in [4.69, 9.17) is 21.1 Å². The minimum Gasteiger partial charge on any atom is -0.493 e. The predicted octanol–water partition coefficient (Wildman–Crippen LogP) is 6.83. The summed E-state index contributed by atoms with van der Waals surface area (Å²) in [5.41, 5.74) is 1.02. The van der Waals surface area contributed by atoms with Crippen LogP contribution in [-0.2, 0) is 17.6 Å². The number of likely N-dealkylation sites (tertiary alicyclic amines) is 1. The number of piperidine rings is 1. The van der Waals surface area contributed by atoms with Gasteiger partial charge in [0.25, 0.3) is 0 Å². The summed E-state index contributed by atoms with van der Waals surface area (Å²) in [5, 5.41) is 9.78. The fourth-order valence-corrected chi connectivity index (χ4v) is 4.89. The molecule has 1 heterocycles. The molecule has 5 nitrogen and oxygen atoms in total. The molecule has 0 amide bonds. The van der Waals surface area contributed by atoms with Gasteiger partial charge in [0.1, 0.15) is 6.61 Å². The van der Waals surface area contributed by atoms with Gasteiger partial charge < -0.3 is 14.6 Å². The number of carbonyl (C=O) groups is 1. The molecule has 2 atom stereocenters. The summed E-state index contributed by atoms with van der Waals surface area (Å²) in [5.74, 6) is -0.670. The van der Waals surface area contributed by atoms with Crippen molar-refractivity contribution >= 4 is 17.6 Å². The number of aliphatic carboxylic acids is 1. The highest BCUT2D eigenvalue weighted by Gasteiger charge is 2.36. The number of carboxylic acid groups (broad SMARTS) is 1. The molecule has 9 heteroatoms. The number of methoxy groups -OCH3 is 1. The van der Waals surface area contributed by atoms with Gasteiger partial charge in [-0.25, -0.2) is 0 Å². The van der Waals surface area contributed by atoms with Crippen LogP contribution in [0.4, 0.5) is 13.2 Å². The summed E-state index contributed by atoms with van der Waals surface area (Å²) in [6.45, 7) is 1.00. The van der Waals surface area contributed by atoms with Crippen LogP contribution < -0.4 is 9.47 Å². The molecule has 2 unspecified atom stereocenters. The number of carboxylic acids is 1. The molecular formula is C28H27ClF3NO4. The van der Waals surface area contributed by atoms with E-state index in [0.29, 0.717) is 43.1 Å². The van der Waals surface area contributed by atoms with Crippen LogP contribution in [0, 0.1) is 5.92 Å². The average molecular weight is 534 g/mol. The number of benzene rings is 3. The van der Waals surface area contributed by atoms with E-state index in [9.17, 15) is 23.1 Å². The number of ether oxygens (including phenoxy) is 2. The van der Waals surface area contributed by atoms with Gasteiger partial charge in [-0.1, -0.05) is 48.0 Å². The van der Waals surface area contributed by atoms with Crippen LogP contribution in [0.2, 0.25) is 5.02 Å². The summed E-state index contributed by atoms with van der Waals surface area (Å²) >= 11 is 6.47. The van der Waals surface area contributed by atoms with Crippen molar-refractivity contribution in [1.29, 1.82) is 0 Å². The number of hydrogen-bond acceptors (Lipinski definition) is 4. The maximum Gasteiger partial charge on any atom is 0.416 e. The van der Waals surface area contributed by atoms with E-state index < -0.39 is 29.7 Å². The van der Waals surface area contributed by atoms with E-state index in [1.807, 2.05) is 35.2 Å². The summed E-state index contributed by atoms with van der Waals surface area (Å²) in [7, 11) is 1.49. The molecule has 3 aromatic rings. The summed E-state index contributed by atoms with van der Waals surface area (Å²) in [6, 6.07) is 17.3. The Kier molecular flexibility index (Phi) is 8.29. The normalized spacial score (nSPS) is 17.3. The summed E-state index contributed by atoms with van der Waals surface area (Å²) in [4.78, 5) is 13.6. The van der Waals surface area contributed by atoms with Gasteiger partial charge in [0, 0.05) is 11.6 Å². The van der Waals surface area contributed by atoms with Gasteiger partial charge in [-0.15, -0.1) is 0 Å². The van der Waals surface area contributed by atoms with Crippen LogP contribution in [0.3, 0.4) is 0 Å². The smallest absolute Gasteiger partial charge is 0.416 e. The molecule has 1 aliphatic rings. The van der Waals surface area contributed by atoms with Crippen LogP contribution in [-0.4, -0.2) is 36.2 Å². The second-order valence-corrected chi connectivity index (χ2v) is 9.40. The van der Waals surface area contributed by atoms with Gasteiger partial charge in [0.05, 0.1) is 24.6 Å². The molecule has 1 fully saturated rings. The average Bonchev–Trinajstić information content (AvgIpc) is 2.89. The zero-order valence-corrected chi connectivity index (χ0v) is 20.9. The monoisotopic (exact) mass is 533 g/mol. The lowest BCUT2D eigenvalue weighted by atomic mass is 9.90. The first kappa shape index (κ1) is 26.8. The van der Waals surface area contributed by atoms with Crippen molar-refractivity contribution in [1.82, 2.24) is 4.90 Å². The first-order chi connectivity index (χ1) is 17.7. The molecule has 3 aromatic carbocycles. The minimum absolute atomic E-state index is 0.166. The summed E-state index contributed by atoms with van der Waals surface area (Å²) in [6.07, 6.45) is -3.45. The Hall–Kier alpha value is -3.23. The fraction of sp³-hybridized carbons (Fsp3) is 0.321. The zero-order valence-electron chi connectivity index (χ0n) is 20.2. The maximum atomic E-state index is 13.6. The fourth-order valence-electron chi connectivity index (χ4n) is 4.67. The zero-order chi connectivity index (χ0) is 26.6. The standard InChI is InChI=1S/C28H27ClF3NO4/c1-36-25-14-19(9-12-24(25)37-17-18-6-3-2-4-7-18)26(33-13-5-8-20(16-33)27(34)35)22-15-21(28(30,31)32)10-11-23(22)29/h2-4,6-7,9-12,14-15,20,26H,5,8,13,16-17H2,1H3,(H,34,35). The largest absolute Gasteiger partial charge is 0.493 e. The molecule has 0 aliphatic carbocycles. The minimum atomic E-state index is -4.55.